The van der Waals surface area contributed by atoms with Crippen LogP contribution in [0.2, 0.25) is 0 Å². The Bertz CT molecular complexity index is 412. The number of aromatic nitrogens is 1. The predicted molar refractivity (Wildman–Crippen MR) is 51.2 cm³/mol. The second-order valence-electron chi connectivity index (χ2n) is 3.02. The Labute approximate surface area is 75.6 Å². The van der Waals surface area contributed by atoms with Gasteiger partial charge in [0.2, 0.25) is 5.91 Å². The van der Waals surface area contributed by atoms with Crippen molar-refractivity contribution in [1.29, 1.82) is 0 Å². The maximum absolute atomic E-state index is 10.6. The van der Waals surface area contributed by atoms with Gasteiger partial charge in [-0.15, -0.1) is 0 Å². The molecule has 1 amide bonds. The van der Waals surface area contributed by atoms with E-state index in [1.807, 2.05) is 30.3 Å². The molecule has 0 saturated carbocycles. The summed E-state index contributed by atoms with van der Waals surface area (Å²) in [6, 6.07) is 9.83. The van der Waals surface area contributed by atoms with Crippen LogP contribution in [0.15, 0.2) is 30.3 Å². The number of nitrogens with two attached hydrogens (primary N) is 1. The number of fused-ring (bicyclic) bond motifs is 1. The summed E-state index contributed by atoms with van der Waals surface area (Å²) in [4.78, 5) is 13.8. The number of rotatable bonds is 2. The highest BCUT2D eigenvalue weighted by Crippen LogP contribution is 2.14. The van der Waals surface area contributed by atoms with Gasteiger partial charge in [-0.1, -0.05) is 18.2 Å². The highest BCUT2D eigenvalue weighted by molar-refractivity contribution is 5.83. The number of carbonyl (C=O) groups is 1. The van der Waals surface area contributed by atoms with Crippen molar-refractivity contribution in [2.75, 3.05) is 0 Å². The Morgan fingerprint density at radius 1 is 1.38 bits per heavy atom. The summed E-state index contributed by atoms with van der Waals surface area (Å²) in [7, 11) is 0. The molecule has 66 valence electrons. The third-order valence-electron chi connectivity index (χ3n) is 1.95. The monoisotopic (exact) mass is 174 g/mol. The zero-order valence-electron chi connectivity index (χ0n) is 7.08. The smallest absolute Gasteiger partial charge is 0.223 e. The number of hydrogen-bond donors (Lipinski definition) is 2. The largest absolute Gasteiger partial charge is 0.369 e. The second-order valence-corrected chi connectivity index (χ2v) is 3.02. The molecular weight excluding hydrogens is 164 g/mol. The summed E-state index contributed by atoms with van der Waals surface area (Å²) in [6.07, 6.45) is 0.272. The van der Waals surface area contributed by atoms with Gasteiger partial charge in [-0.25, -0.2) is 0 Å². The van der Waals surface area contributed by atoms with Crippen LogP contribution in [0.5, 0.6) is 0 Å². The number of H-pyrrole nitrogens is 1. The van der Waals surface area contributed by atoms with Gasteiger partial charge in [0, 0.05) is 11.2 Å². The zero-order valence-corrected chi connectivity index (χ0v) is 7.08. The molecule has 0 spiro atoms. The molecular formula is C10H10N2O. The molecule has 3 heteroatoms. The number of benzene rings is 1. The summed E-state index contributed by atoms with van der Waals surface area (Å²) >= 11 is 0. The van der Waals surface area contributed by atoms with Crippen molar-refractivity contribution in [2.45, 2.75) is 6.42 Å². The first-order valence-electron chi connectivity index (χ1n) is 4.10. The Kier molecular flexibility index (Phi) is 1.77. The van der Waals surface area contributed by atoms with Crippen LogP contribution >= 0.6 is 0 Å². The van der Waals surface area contributed by atoms with Gasteiger partial charge in [0.15, 0.2) is 0 Å². The average molecular weight is 174 g/mol. The normalized spacial score (nSPS) is 10.5. The number of nitrogens with one attached hydrogen (secondary N) is 1. The van der Waals surface area contributed by atoms with Crippen LogP contribution < -0.4 is 5.73 Å². The van der Waals surface area contributed by atoms with Gasteiger partial charge in [0.1, 0.15) is 0 Å². The molecule has 0 saturated heterocycles. The predicted octanol–water partition coefficient (Wildman–Crippen LogP) is 1.20. The van der Waals surface area contributed by atoms with E-state index in [0.717, 1.165) is 16.6 Å². The highest BCUT2D eigenvalue weighted by Gasteiger charge is 2.01. The van der Waals surface area contributed by atoms with Gasteiger partial charge < -0.3 is 10.7 Å². The van der Waals surface area contributed by atoms with Gasteiger partial charge in [-0.3, -0.25) is 4.79 Å². The molecule has 0 aliphatic carbocycles. The summed E-state index contributed by atoms with van der Waals surface area (Å²) in [5, 5.41) is 1.11. The molecule has 0 radical (unpaired) electrons. The number of para-hydroxylation sites is 1. The molecule has 1 aromatic carbocycles. The summed E-state index contributed by atoms with van der Waals surface area (Å²) in [5.41, 5.74) is 7.00. The van der Waals surface area contributed by atoms with Crippen molar-refractivity contribution in [2.24, 2.45) is 5.73 Å². The molecule has 0 fully saturated rings. The Morgan fingerprint density at radius 3 is 2.85 bits per heavy atom. The standard InChI is InChI=1S/C10H10N2O/c11-10(13)6-8-5-7-3-1-2-4-9(7)12-8/h1-5,12H,6H2,(H2,11,13). The molecule has 2 aromatic rings. The van der Waals surface area contributed by atoms with Crippen molar-refractivity contribution in [3.05, 3.63) is 36.0 Å². The third-order valence-corrected chi connectivity index (χ3v) is 1.95. The minimum Gasteiger partial charge on any atom is -0.369 e. The van der Waals surface area contributed by atoms with Crippen molar-refractivity contribution in [1.82, 2.24) is 4.98 Å². The molecule has 3 N–H and O–H groups in total. The fourth-order valence-corrected chi connectivity index (χ4v) is 1.42. The lowest BCUT2D eigenvalue weighted by molar-refractivity contribution is -0.117. The van der Waals surface area contributed by atoms with Crippen molar-refractivity contribution in [3.8, 4) is 0 Å². The van der Waals surface area contributed by atoms with E-state index < -0.39 is 0 Å². The molecule has 0 bridgehead atoms. The second kappa shape index (κ2) is 2.94. The van der Waals surface area contributed by atoms with Gasteiger partial charge >= 0.3 is 0 Å². The fraction of sp³-hybridized carbons (Fsp3) is 0.100. The van der Waals surface area contributed by atoms with E-state index in [1.165, 1.54) is 0 Å². The van der Waals surface area contributed by atoms with Crippen LogP contribution in [0.25, 0.3) is 10.9 Å². The van der Waals surface area contributed by atoms with Crippen LogP contribution in [0.3, 0.4) is 0 Å². The van der Waals surface area contributed by atoms with Crippen LogP contribution in [0.1, 0.15) is 5.69 Å². The molecule has 0 unspecified atom stereocenters. The number of primary amides is 1. The molecule has 0 aliphatic heterocycles. The van der Waals surface area contributed by atoms with Crippen LogP contribution in [-0.4, -0.2) is 10.9 Å². The van der Waals surface area contributed by atoms with E-state index >= 15 is 0 Å². The summed E-state index contributed by atoms with van der Waals surface area (Å²) in [5.74, 6) is -0.313. The minimum atomic E-state index is -0.313. The summed E-state index contributed by atoms with van der Waals surface area (Å²) < 4.78 is 0. The molecule has 2 rings (SSSR count). The van der Waals surface area contributed by atoms with E-state index in [2.05, 4.69) is 4.98 Å². The van der Waals surface area contributed by atoms with Crippen LogP contribution in [0, 0.1) is 0 Å². The lowest BCUT2D eigenvalue weighted by Crippen LogP contribution is -2.13. The Balaban J connectivity index is 2.44. The number of amides is 1. The molecule has 1 heterocycles. The minimum absolute atomic E-state index is 0.272. The number of hydrogen-bond acceptors (Lipinski definition) is 1. The van der Waals surface area contributed by atoms with E-state index in [0.29, 0.717) is 0 Å². The van der Waals surface area contributed by atoms with Gasteiger partial charge in [-0.2, -0.15) is 0 Å². The SMILES string of the molecule is NC(=O)Cc1cc2ccccc2[nH]1. The first-order valence-corrected chi connectivity index (χ1v) is 4.10. The Morgan fingerprint density at radius 2 is 2.15 bits per heavy atom. The molecule has 1 aromatic heterocycles. The highest BCUT2D eigenvalue weighted by atomic mass is 16.1. The van der Waals surface area contributed by atoms with Gasteiger partial charge in [0.05, 0.1) is 6.42 Å². The van der Waals surface area contributed by atoms with Crippen LogP contribution in [-0.2, 0) is 11.2 Å². The summed E-state index contributed by atoms with van der Waals surface area (Å²) in [6.45, 7) is 0. The van der Waals surface area contributed by atoms with Crippen molar-refractivity contribution in [3.63, 3.8) is 0 Å². The first kappa shape index (κ1) is 7.86. The third kappa shape index (κ3) is 1.54. The number of aromatic amines is 1. The maximum Gasteiger partial charge on any atom is 0.223 e. The molecule has 0 aliphatic rings. The average Bonchev–Trinajstić information content (AvgIpc) is 2.44. The zero-order chi connectivity index (χ0) is 9.26. The van der Waals surface area contributed by atoms with Gasteiger partial charge in [0.25, 0.3) is 0 Å². The van der Waals surface area contributed by atoms with E-state index in [-0.39, 0.29) is 12.3 Å². The van der Waals surface area contributed by atoms with Crippen LogP contribution in [0.4, 0.5) is 0 Å². The quantitative estimate of drug-likeness (QED) is 0.706. The van der Waals surface area contributed by atoms with Crippen molar-refractivity contribution >= 4 is 16.8 Å². The number of carbonyl (C=O) groups excluding carboxylic acids is 1. The first-order chi connectivity index (χ1) is 6.25. The van der Waals surface area contributed by atoms with E-state index in [4.69, 9.17) is 5.73 Å². The van der Waals surface area contributed by atoms with Crippen molar-refractivity contribution < 1.29 is 4.79 Å². The topological polar surface area (TPSA) is 58.9 Å². The fourth-order valence-electron chi connectivity index (χ4n) is 1.42. The molecule has 0 atom stereocenters. The maximum atomic E-state index is 10.6. The lowest BCUT2D eigenvalue weighted by Gasteiger charge is -1.89. The van der Waals surface area contributed by atoms with E-state index in [9.17, 15) is 4.79 Å². The van der Waals surface area contributed by atoms with E-state index in [1.54, 1.807) is 0 Å². The Hall–Kier alpha value is -1.77. The molecule has 13 heavy (non-hydrogen) atoms. The van der Waals surface area contributed by atoms with Gasteiger partial charge in [-0.05, 0) is 17.5 Å². The molecule has 3 nitrogen and oxygen atoms in total. The lowest BCUT2D eigenvalue weighted by atomic mass is 10.2.